The van der Waals surface area contributed by atoms with Crippen LogP contribution in [0.2, 0.25) is 5.02 Å². The highest BCUT2D eigenvalue weighted by atomic mass is 35.5. The zero-order valence-corrected chi connectivity index (χ0v) is 17.9. The Morgan fingerprint density at radius 1 is 1.14 bits per heavy atom. The highest BCUT2D eigenvalue weighted by Gasteiger charge is 2.25. The first kappa shape index (κ1) is 21.5. The first-order valence-corrected chi connectivity index (χ1v) is 10.5. The smallest absolute Gasteiger partial charge is 0.130 e. The zero-order chi connectivity index (χ0) is 20.6. The Bertz CT molecular complexity index is 847. The summed E-state index contributed by atoms with van der Waals surface area (Å²) in [6, 6.07) is 7.92. The minimum atomic E-state index is 0.175. The number of rotatable bonds is 7. The first-order valence-electron chi connectivity index (χ1n) is 10.1. The van der Waals surface area contributed by atoms with Crippen molar-refractivity contribution in [1.29, 1.82) is 0 Å². The van der Waals surface area contributed by atoms with Crippen molar-refractivity contribution in [2.75, 3.05) is 26.3 Å². The molecule has 1 aromatic rings. The standard InChI is InChI=1S/C23H28ClN3O2/c1-17(3-4-18(2)28)26-25-16-21-8-7-20(15-19-5-9-22(24)10-6-19)23(21)27-11-13-29-14-12-27/h5-6,9-10,15-16H,3-4,7-8,11-14H2,1-2H3/b20-15-,25-16+,26-17+. The molecule has 0 bridgehead atoms. The molecule has 0 atom stereocenters. The summed E-state index contributed by atoms with van der Waals surface area (Å²) in [6.45, 7) is 6.76. The van der Waals surface area contributed by atoms with E-state index in [0.29, 0.717) is 12.8 Å². The van der Waals surface area contributed by atoms with Crippen molar-refractivity contribution in [2.45, 2.75) is 39.5 Å². The van der Waals surface area contributed by atoms with Gasteiger partial charge in [0.25, 0.3) is 0 Å². The molecule has 29 heavy (non-hydrogen) atoms. The van der Waals surface area contributed by atoms with E-state index in [9.17, 15) is 4.79 Å². The van der Waals surface area contributed by atoms with Gasteiger partial charge in [0.15, 0.2) is 0 Å². The number of hydrogen-bond acceptors (Lipinski definition) is 5. The lowest BCUT2D eigenvalue weighted by Crippen LogP contribution is -2.36. The second-order valence-electron chi connectivity index (χ2n) is 7.48. The highest BCUT2D eigenvalue weighted by Crippen LogP contribution is 2.35. The molecule has 1 saturated heterocycles. The van der Waals surface area contributed by atoms with Gasteiger partial charge in [-0.3, -0.25) is 0 Å². The van der Waals surface area contributed by atoms with Gasteiger partial charge in [0, 0.05) is 35.9 Å². The third-order valence-corrected chi connectivity index (χ3v) is 5.34. The Morgan fingerprint density at radius 3 is 2.55 bits per heavy atom. The lowest BCUT2D eigenvalue weighted by Gasteiger charge is -2.31. The van der Waals surface area contributed by atoms with Crippen LogP contribution in [-0.2, 0) is 9.53 Å². The number of ketones is 1. The van der Waals surface area contributed by atoms with Crippen molar-refractivity contribution in [3.05, 3.63) is 51.7 Å². The van der Waals surface area contributed by atoms with Crippen LogP contribution in [0.15, 0.2) is 51.3 Å². The predicted molar refractivity (Wildman–Crippen MR) is 120 cm³/mol. The summed E-state index contributed by atoms with van der Waals surface area (Å²) >= 11 is 6.02. The minimum absolute atomic E-state index is 0.175. The van der Waals surface area contributed by atoms with E-state index in [2.05, 4.69) is 21.2 Å². The number of ether oxygens (including phenoxy) is 1. The molecule has 1 aliphatic carbocycles. The average molecular weight is 414 g/mol. The Kier molecular flexibility index (Phi) is 7.78. The SMILES string of the molecule is CC(=O)CC/C(C)=N/N=C/C1=C(N2CCOCC2)C(=C\c2ccc(Cl)cc2)/CC1. The van der Waals surface area contributed by atoms with Gasteiger partial charge < -0.3 is 14.4 Å². The van der Waals surface area contributed by atoms with E-state index in [4.69, 9.17) is 16.3 Å². The molecule has 1 aliphatic heterocycles. The van der Waals surface area contributed by atoms with Crippen molar-refractivity contribution < 1.29 is 9.53 Å². The summed E-state index contributed by atoms with van der Waals surface area (Å²) in [5.41, 5.74) is 5.79. The maximum absolute atomic E-state index is 11.1. The Balaban J connectivity index is 1.84. The van der Waals surface area contributed by atoms with E-state index in [0.717, 1.165) is 55.4 Å². The molecular weight excluding hydrogens is 386 g/mol. The molecule has 1 aromatic carbocycles. The number of nitrogens with zero attached hydrogens (tertiary/aromatic N) is 3. The first-order chi connectivity index (χ1) is 14.0. The van der Waals surface area contributed by atoms with Crippen LogP contribution < -0.4 is 0 Å². The number of benzene rings is 1. The Labute approximate surface area is 177 Å². The lowest BCUT2D eigenvalue weighted by atomic mass is 10.1. The minimum Gasteiger partial charge on any atom is -0.378 e. The topological polar surface area (TPSA) is 54.3 Å². The zero-order valence-electron chi connectivity index (χ0n) is 17.2. The molecule has 0 saturated carbocycles. The van der Waals surface area contributed by atoms with Crippen LogP contribution in [0.25, 0.3) is 6.08 Å². The summed E-state index contributed by atoms with van der Waals surface area (Å²) < 4.78 is 5.54. The summed E-state index contributed by atoms with van der Waals surface area (Å²) in [6.07, 6.45) is 7.21. The van der Waals surface area contributed by atoms with Gasteiger partial charge in [-0.2, -0.15) is 10.2 Å². The molecule has 5 nitrogen and oxygen atoms in total. The van der Waals surface area contributed by atoms with Crippen LogP contribution in [0.1, 0.15) is 45.1 Å². The van der Waals surface area contributed by atoms with E-state index in [-0.39, 0.29) is 5.78 Å². The van der Waals surface area contributed by atoms with E-state index >= 15 is 0 Å². The molecule has 0 radical (unpaired) electrons. The molecule has 1 fully saturated rings. The maximum atomic E-state index is 11.1. The van der Waals surface area contributed by atoms with Gasteiger partial charge in [-0.25, -0.2) is 0 Å². The number of Topliss-reactive ketones (excluding diaryl/α,β-unsaturated/α-hetero) is 1. The summed E-state index contributed by atoms with van der Waals surface area (Å²) in [7, 11) is 0. The molecule has 0 N–H and O–H groups in total. The third kappa shape index (κ3) is 6.38. The molecular formula is C23H28ClN3O2. The van der Waals surface area contributed by atoms with Gasteiger partial charge >= 0.3 is 0 Å². The van der Waals surface area contributed by atoms with Crippen molar-refractivity contribution in [3.8, 4) is 0 Å². The molecule has 0 amide bonds. The van der Waals surface area contributed by atoms with Crippen molar-refractivity contribution in [1.82, 2.24) is 4.90 Å². The third-order valence-electron chi connectivity index (χ3n) is 5.09. The molecule has 6 heteroatoms. The van der Waals surface area contributed by atoms with Crippen LogP contribution in [0.5, 0.6) is 0 Å². The van der Waals surface area contributed by atoms with Gasteiger partial charge in [0.2, 0.25) is 0 Å². The average Bonchev–Trinajstić information content (AvgIpc) is 3.11. The maximum Gasteiger partial charge on any atom is 0.130 e. The fourth-order valence-corrected chi connectivity index (χ4v) is 3.66. The number of morpholine rings is 1. The van der Waals surface area contributed by atoms with Crippen molar-refractivity contribution in [2.24, 2.45) is 10.2 Å². The molecule has 0 unspecified atom stereocenters. The molecule has 0 spiro atoms. The lowest BCUT2D eigenvalue weighted by molar-refractivity contribution is -0.116. The fraction of sp³-hybridized carbons (Fsp3) is 0.435. The Hall–Kier alpha value is -2.24. The van der Waals surface area contributed by atoms with Crippen molar-refractivity contribution >= 4 is 35.4 Å². The fourth-order valence-electron chi connectivity index (χ4n) is 3.54. The molecule has 0 aromatic heterocycles. The number of halogens is 1. The van der Waals surface area contributed by atoms with Gasteiger partial charge in [-0.05, 0) is 68.0 Å². The molecule has 1 heterocycles. The summed E-state index contributed by atoms with van der Waals surface area (Å²) in [4.78, 5) is 13.5. The normalized spacial score (nSPS) is 19.6. The molecule has 3 rings (SSSR count). The van der Waals surface area contributed by atoms with E-state index in [1.165, 1.54) is 16.8 Å². The monoisotopic (exact) mass is 413 g/mol. The van der Waals surface area contributed by atoms with E-state index in [1.807, 2.05) is 37.4 Å². The predicted octanol–water partition coefficient (Wildman–Crippen LogP) is 4.92. The number of hydrogen-bond donors (Lipinski definition) is 0. The van der Waals surface area contributed by atoms with E-state index in [1.54, 1.807) is 6.92 Å². The summed E-state index contributed by atoms with van der Waals surface area (Å²) in [5, 5.41) is 9.34. The number of carbonyl (C=O) groups is 1. The van der Waals surface area contributed by atoms with Crippen LogP contribution in [0, 0.1) is 0 Å². The van der Waals surface area contributed by atoms with Crippen molar-refractivity contribution in [3.63, 3.8) is 0 Å². The summed E-state index contributed by atoms with van der Waals surface area (Å²) in [5.74, 6) is 0.175. The van der Waals surface area contributed by atoms with E-state index < -0.39 is 0 Å². The van der Waals surface area contributed by atoms with Crippen LogP contribution >= 0.6 is 11.6 Å². The second kappa shape index (κ2) is 10.5. The number of allylic oxidation sites excluding steroid dienone is 2. The second-order valence-corrected chi connectivity index (χ2v) is 7.91. The van der Waals surface area contributed by atoms with Crippen LogP contribution in [-0.4, -0.2) is 48.9 Å². The highest BCUT2D eigenvalue weighted by molar-refractivity contribution is 6.30. The van der Waals surface area contributed by atoms with Gasteiger partial charge in [-0.15, -0.1) is 0 Å². The Morgan fingerprint density at radius 2 is 1.86 bits per heavy atom. The quantitative estimate of drug-likeness (QED) is 0.471. The largest absolute Gasteiger partial charge is 0.378 e. The van der Waals surface area contributed by atoms with Gasteiger partial charge in [0.05, 0.1) is 19.4 Å². The number of carbonyl (C=O) groups excluding carboxylic acids is 1. The van der Waals surface area contributed by atoms with Crippen LogP contribution in [0.3, 0.4) is 0 Å². The molecule has 154 valence electrons. The van der Waals surface area contributed by atoms with Gasteiger partial charge in [-0.1, -0.05) is 23.7 Å². The molecule has 2 aliphatic rings. The van der Waals surface area contributed by atoms with Crippen LogP contribution in [0.4, 0.5) is 0 Å². The van der Waals surface area contributed by atoms with Gasteiger partial charge in [0.1, 0.15) is 5.78 Å².